The molecule has 0 aliphatic rings. The van der Waals surface area contributed by atoms with Crippen molar-refractivity contribution in [2.24, 2.45) is 0 Å². The van der Waals surface area contributed by atoms with Gasteiger partial charge in [-0.25, -0.2) is 15.0 Å². The van der Waals surface area contributed by atoms with E-state index in [4.69, 9.17) is 0 Å². The Kier molecular flexibility index (Phi) is 1.95. The molecule has 0 bridgehead atoms. The molecule has 0 atom stereocenters. The molecule has 0 fully saturated rings. The summed E-state index contributed by atoms with van der Waals surface area (Å²) >= 11 is 0. The van der Waals surface area contributed by atoms with Crippen LogP contribution >= 0.6 is 0 Å². The lowest BCUT2D eigenvalue weighted by Crippen LogP contribution is -2.13. The van der Waals surface area contributed by atoms with Crippen molar-refractivity contribution < 1.29 is 0 Å². The van der Waals surface area contributed by atoms with Gasteiger partial charge >= 0.3 is 0 Å². The molecule has 0 N–H and O–H groups in total. The standard InChI is InChI=1S/C11H13N3/c1-11(2,3)10-5-4-8-9(14-10)6-12-7-13-8/h4-7H,1-3H3. The topological polar surface area (TPSA) is 38.7 Å². The number of nitrogens with zero attached hydrogens (tertiary/aromatic N) is 3. The maximum Gasteiger partial charge on any atom is 0.116 e. The Hall–Kier alpha value is -1.51. The molecule has 2 rings (SSSR count). The van der Waals surface area contributed by atoms with Gasteiger partial charge in [-0.2, -0.15) is 0 Å². The second-order valence-corrected chi connectivity index (χ2v) is 4.37. The summed E-state index contributed by atoms with van der Waals surface area (Å²) in [6, 6.07) is 4.01. The number of rotatable bonds is 0. The average Bonchev–Trinajstić information content (AvgIpc) is 2.16. The van der Waals surface area contributed by atoms with Crippen LogP contribution in [0.2, 0.25) is 0 Å². The molecule has 3 nitrogen and oxygen atoms in total. The molecule has 2 aromatic rings. The molecule has 0 aliphatic heterocycles. The number of fused-ring (bicyclic) bond motifs is 1. The van der Waals surface area contributed by atoms with Crippen LogP contribution in [0.4, 0.5) is 0 Å². The van der Waals surface area contributed by atoms with Gasteiger partial charge in [0.05, 0.1) is 11.7 Å². The molecule has 0 aromatic carbocycles. The van der Waals surface area contributed by atoms with Crippen LogP contribution in [0.15, 0.2) is 24.7 Å². The monoisotopic (exact) mass is 187 g/mol. The van der Waals surface area contributed by atoms with Gasteiger partial charge in [-0.05, 0) is 12.1 Å². The van der Waals surface area contributed by atoms with E-state index in [0.29, 0.717) is 0 Å². The number of pyridine rings is 1. The van der Waals surface area contributed by atoms with Gasteiger partial charge in [-0.3, -0.25) is 0 Å². The van der Waals surface area contributed by atoms with Crippen molar-refractivity contribution in [2.75, 3.05) is 0 Å². The minimum atomic E-state index is 0.0734. The van der Waals surface area contributed by atoms with Crippen LogP contribution in [0.1, 0.15) is 26.5 Å². The van der Waals surface area contributed by atoms with Crippen molar-refractivity contribution >= 4 is 11.0 Å². The molecule has 0 spiro atoms. The fourth-order valence-electron chi connectivity index (χ4n) is 1.29. The fraction of sp³-hybridized carbons (Fsp3) is 0.364. The second-order valence-electron chi connectivity index (χ2n) is 4.37. The van der Waals surface area contributed by atoms with Gasteiger partial charge in [0.1, 0.15) is 11.8 Å². The minimum absolute atomic E-state index is 0.0734. The van der Waals surface area contributed by atoms with Crippen molar-refractivity contribution in [3.8, 4) is 0 Å². The van der Waals surface area contributed by atoms with Crippen LogP contribution in [-0.2, 0) is 5.41 Å². The number of hydrogen-bond donors (Lipinski definition) is 0. The highest BCUT2D eigenvalue weighted by atomic mass is 14.9. The first-order valence-electron chi connectivity index (χ1n) is 4.64. The van der Waals surface area contributed by atoms with Crippen LogP contribution in [-0.4, -0.2) is 15.0 Å². The van der Waals surface area contributed by atoms with Crippen LogP contribution in [0.5, 0.6) is 0 Å². The summed E-state index contributed by atoms with van der Waals surface area (Å²) in [6.07, 6.45) is 3.29. The molecule has 0 saturated carbocycles. The molecule has 0 radical (unpaired) electrons. The lowest BCUT2D eigenvalue weighted by atomic mass is 9.91. The van der Waals surface area contributed by atoms with Gasteiger partial charge in [-0.1, -0.05) is 20.8 Å². The molecule has 2 aromatic heterocycles. The maximum absolute atomic E-state index is 4.52. The van der Waals surface area contributed by atoms with Crippen molar-refractivity contribution in [1.29, 1.82) is 0 Å². The van der Waals surface area contributed by atoms with E-state index in [9.17, 15) is 0 Å². The summed E-state index contributed by atoms with van der Waals surface area (Å²) in [5.74, 6) is 0. The third kappa shape index (κ3) is 1.58. The maximum atomic E-state index is 4.52. The highest BCUT2D eigenvalue weighted by molar-refractivity contribution is 5.72. The predicted octanol–water partition coefficient (Wildman–Crippen LogP) is 2.32. The van der Waals surface area contributed by atoms with Crippen LogP contribution in [0.3, 0.4) is 0 Å². The summed E-state index contributed by atoms with van der Waals surface area (Å²) in [7, 11) is 0. The van der Waals surface area contributed by atoms with E-state index in [-0.39, 0.29) is 5.41 Å². The molecule has 3 heteroatoms. The van der Waals surface area contributed by atoms with Crippen molar-refractivity contribution in [3.63, 3.8) is 0 Å². The van der Waals surface area contributed by atoms with Crippen molar-refractivity contribution in [1.82, 2.24) is 15.0 Å². The Morgan fingerprint density at radius 3 is 2.57 bits per heavy atom. The average molecular weight is 187 g/mol. The highest BCUT2D eigenvalue weighted by Gasteiger charge is 2.15. The van der Waals surface area contributed by atoms with Crippen LogP contribution in [0.25, 0.3) is 11.0 Å². The predicted molar refractivity (Wildman–Crippen MR) is 56.0 cm³/mol. The van der Waals surface area contributed by atoms with E-state index in [1.165, 1.54) is 0 Å². The molecule has 2 heterocycles. The van der Waals surface area contributed by atoms with E-state index < -0.39 is 0 Å². The van der Waals surface area contributed by atoms with E-state index in [0.717, 1.165) is 16.7 Å². The van der Waals surface area contributed by atoms with Gasteiger partial charge < -0.3 is 0 Å². The van der Waals surface area contributed by atoms with Crippen LogP contribution < -0.4 is 0 Å². The van der Waals surface area contributed by atoms with Gasteiger partial charge in [-0.15, -0.1) is 0 Å². The Bertz CT molecular complexity index is 457. The van der Waals surface area contributed by atoms with Gasteiger partial charge in [0, 0.05) is 11.1 Å². The lowest BCUT2D eigenvalue weighted by Gasteiger charge is -2.17. The summed E-state index contributed by atoms with van der Waals surface area (Å²) in [5.41, 5.74) is 2.90. The zero-order chi connectivity index (χ0) is 10.2. The minimum Gasteiger partial charge on any atom is -0.249 e. The molecule has 0 saturated heterocycles. The second kappa shape index (κ2) is 3.01. The van der Waals surface area contributed by atoms with Gasteiger partial charge in [0.15, 0.2) is 0 Å². The molecule has 0 unspecified atom stereocenters. The molecule has 0 aliphatic carbocycles. The largest absolute Gasteiger partial charge is 0.249 e. The van der Waals surface area contributed by atoms with E-state index >= 15 is 0 Å². The summed E-state index contributed by atoms with van der Waals surface area (Å²) in [6.45, 7) is 6.43. The number of hydrogen-bond acceptors (Lipinski definition) is 3. The van der Waals surface area contributed by atoms with E-state index in [1.807, 2.05) is 12.1 Å². The Balaban J connectivity index is 2.63. The van der Waals surface area contributed by atoms with Gasteiger partial charge in [0.25, 0.3) is 0 Å². The molecular weight excluding hydrogens is 174 g/mol. The SMILES string of the molecule is CC(C)(C)c1ccc2ncncc2n1. The zero-order valence-corrected chi connectivity index (χ0v) is 8.65. The molecular formula is C11H13N3. The fourth-order valence-corrected chi connectivity index (χ4v) is 1.29. The highest BCUT2D eigenvalue weighted by Crippen LogP contribution is 2.21. The Labute approximate surface area is 83.2 Å². The van der Waals surface area contributed by atoms with Crippen LogP contribution in [0, 0.1) is 0 Å². The Morgan fingerprint density at radius 2 is 1.86 bits per heavy atom. The smallest absolute Gasteiger partial charge is 0.116 e. The first kappa shape index (κ1) is 9.06. The summed E-state index contributed by atoms with van der Waals surface area (Å²) < 4.78 is 0. The van der Waals surface area contributed by atoms with Gasteiger partial charge in [0.2, 0.25) is 0 Å². The molecule has 0 amide bonds. The lowest BCUT2D eigenvalue weighted by molar-refractivity contribution is 0.571. The molecule has 72 valence electrons. The molecule has 14 heavy (non-hydrogen) atoms. The van der Waals surface area contributed by atoms with E-state index in [1.54, 1.807) is 12.5 Å². The summed E-state index contributed by atoms with van der Waals surface area (Å²) in [5, 5.41) is 0. The van der Waals surface area contributed by atoms with E-state index in [2.05, 4.69) is 35.7 Å². The van der Waals surface area contributed by atoms with Crippen molar-refractivity contribution in [2.45, 2.75) is 26.2 Å². The third-order valence-corrected chi connectivity index (χ3v) is 2.13. The zero-order valence-electron chi connectivity index (χ0n) is 8.65. The number of aromatic nitrogens is 3. The quantitative estimate of drug-likeness (QED) is 0.635. The third-order valence-electron chi connectivity index (χ3n) is 2.13. The summed E-state index contributed by atoms with van der Waals surface area (Å²) in [4.78, 5) is 12.6. The first-order valence-corrected chi connectivity index (χ1v) is 4.64. The Morgan fingerprint density at radius 1 is 1.07 bits per heavy atom. The normalized spacial score (nSPS) is 11.9. The first-order chi connectivity index (χ1) is 6.57. The van der Waals surface area contributed by atoms with Crippen molar-refractivity contribution in [3.05, 3.63) is 30.4 Å².